The third-order valence-corrected chi connectivity index (χ3v) is 11.8. The smallest absolute Gasteiger partial charge is 0.313 e. The van der Waals surface area contributed by atoms with Crippen LogP contribution in [0.2, 0.25) is 0 Å². The topological polar surface area (TPSA) is 287 Å². The maximum atomic E-state index is 14.0. The number of carbonyl (C=O) groups is 3. The van der Waals surface area contributed by atoms with Crippen molar-refractivity contribution in [2.24, 2.45) is 10.7 Å². The zero-order valence-electron chi connectivity index (χ0n) is 45.0. The van der Waals surface area contributed by atoms with Crippen LogP contribution in [0.1, 0.15) is 57.3 Å². The normalized spacial score (nSPS) is 12.4. The van der Waals surface area contributed by atoms with Crippen LogP contribution in [0, 0.1) is 23.3 Å². The number of hydrogen-bond donors (Lipinski definition) is 3. The largest absolute Gasteiger partial charge is 0.420 e. The van der Waals surface area contributed by atoms with E-state index in [4.69, 9.17) is 57.7 Å². The Kier molecular flexibility index (Phi) is 31.9. The molecule has 0 unspecified atom stereocenters. The second-order valence-corrected chi connectivity index (χ2v) is 18.5. The molecule has 3 aromatic rings. The van der Waals surface area contributed by atoms with E-state index in [0.29, 0.717) is 129 Å². The summed E-state index contributed by atoms with van der Waals surface area (Å²) in [5.41, 5.74) is 9.96. The minimum absolute atomic E-state index is 0.0161. The molecule has 2 aromatic carbocycles. The summed E-state index contributed by atoms with van der Waals surface area (Å²) in [4.78, 5) is 50.6. The summed E-state index contributed by atoms with van der Waals surface area (Å²) in [5.74, 6) is -12.1. The number of hydrogen-bond acceptors (Lipinski definition) is 20. The van der Waals surface area contributed by atoms with Crippen molar-refractivity contribution in [1.29, 1.82) is 0 Å². The number of nitrogens with one attached hydrogen (secondary N) is 1. The van der Waals surface area contributed by atoms with Crippen molar-refractivity contribution in [2.75, 3.05) is 145 Å². The second-order valence-electron chi connectivity index (χ2n) is 17.2. The predicted molar refractivity (Wildman–Crippen MR) is 280 cm³/mol. The van der Waals surface area contributed by atoms with E-state index in [0.717, 1.165) is 29.5 Å². The maximum absolute atomic E-state index is 14.0. The van der Waals surface area contributed by atoms with E-state index in [1.54, 1.807) is 12.4 Å². The van der Waals surface area contributed by atoms with Gasteiger partial charge in [0, 0.05) is 55.0 Å². The van der Waals surface area contributed by atoms with Gasteiger partial charge in [-0.25, -0.2) is 23.7 Å². The first-order chi connectivity index (χ1) is 38.6. The van der Waals surface area contributed by atoms with Gasteiger partial charge in [-0.3, -0.25) is 18.9 Å². The third kappa shape index (κ3) is 25.0. The van der Waals surface area contributed by atoms with Crippen LogP contribution in [-0.4, -0.2) is 197 Å². The average Bonchev–Trinajstić information content (AvgIpc) is 3.72. The molecule has 80 heavy (non-hydrogen) atoms. The van der Waals surface area contributed by atoms with Gasteiger partial charge in [0.25, 0.3) is 0 Å². The van der Waals surface area contributed by atoms with Crippen molar-refractivity contribution in [3.8, 4) is 16.9 Å². The highest BCUT2D eigenvalue weighted by Gasteiger charge is 2.34. The van der Waals surface area contributed by atoms with Crippen molar-refractivity contribution in [3.63, 3.8) is 0 Å². The van der Waals surface area contributed by atoms with Gasteiger partial charge < -0.3 is 68.1 Å². The van der Waals surface area contributed by atoms with Gasteiger partial charge in [-0.2, -0.15) is 17.2 Å². The summed E-state index contributed by atoms with van der Waals surface area (Å²) in [7, 11) is -5.65. The molecule has 0 spiro atoms. The number of nitrogens with zero attached hydrogens (tertiary/aromatic N) is 4. The van der Waals surface area contributed by atoms with E-state index in [1.807, 2.05) is 29.2 Å². The van der Waals surface area contributed by atoms with Gasteiger partial charge in [0.1, 0.15) is 11.7 Å². The van der Waals surface area contributed by atoms with Crippen molar-refractivity contribution >= 4 is 45.5 Å². The van der Waals surface area contributed by atoms with Crippen molar-refractivity contribution in [3.05, 3.63) is 70.8 Å². The number of ether oxygens (including phenoxy) is 11. The molecular formula is C52H72F4N6O17S. The Labute approximate surface area is 462 Å². The van der Waals surface area contributed by atoms with E-state index < -0.39 is 56.4 Å². The number of benzene rings is 2. The van der Waals surface area contributed by atoms with E-state index in [1.165, 1.54) is 0 Å². The van der Waals surface area contributed by atoms with E-state index in [2.05, 4.69) is 38.9 Å². The van der Waals surface area contributed by atoms with Gasteiger partial charge >= 0.3 is 16.1 Å². The van der Waals surface area contributed by atoms with Crippen LogP contribution < -0.4 is 15.8 Å². The lowest BCUT2D eigenvalue weighted by Crippen LogP contribution is -2.34. The molecule has 1 aliphatic rings. The molecule has 1 aliphatic heterocycles. The molecular weight excluding hydrogens is 1090 g/mol. The Hall–Kier alpha value is -5.63. The molecule has 2 heterocycles. The van der Waals surface area contributed by atoms with Gasteiger partial charge in [-0.15, -0.1) is 0 Å². The summed E-state index contributed by atoms with van der Waals surface area (Å²) in [6.07, 6.45) is 6.87. The molecule has 0 fully saturated rings. The first-order valence-corrected chi connectivity index (χ1v) is 27.4. The number of halogens is 4. The zero-order valence-corrected chi connectivity index (χ0v) is 45.8. The predicted octanol–water partition coefficient (Wildman–Crippen LogP) is 4.54. The molecule has 0 aliphatic carbocycles. The van der Waals surface area contributed by atoms with E-state index >= 15 is 0 Å². The highest BCUT2D eigenvalue weighted by atomic mass is 32.2. The van der Waals surface area contributed by atoms with Crippen LogP contribution in [0.15, 0.2) is 46.1 Å². The fraction of sp³-hybridized carbons (Fsp3) is 0.577. The van der Waals surface area contributed by atoms with Crippen molar-refractivity contribution in [1.82, 2.24) is 20.2 Å². The Balaban J connectivity index is 0.858. The molecule has 2 amide bonds. The molecule has 4 rings (SSSR count). The number of fused-ring (bicyclic) bond motifs is 1. The highest BCUT2D eigenvalue weighted by Crippen LogP contribution is 2.34. The summed E-state index contributed by atoms with van der Waals surface area (Å²) < 4.78 is 145. The average molecular weight is 1160 g/mol. The van der Waals surface area contributed by atoms with Crippen LogP contribution >= 0.6 is 0 Å². The number of amidine groups is 1. The monoisotopic (exact) mass is 1160 g/mol. The quantitative estimate of drug-likeness (QED) is 0.0175. The lowest BCUT2D eigenvalue weighted by atomic mass is 10.0. The highest BCUT2D eigenvalue weighted by molar-refractivity contribution is 7.85. The molecule has 4 N–H and O–H groups in total. The first-order valence-electron chi connectivity index (χ1n) is 26.0. The van der Waals surface area contributed by atoms with Crippen LogP contribution in [0.25, 0.3) is 17.2 Å². The number of aliphatic imine (C=N–C) groups is 1. The molecule has 1 aromatic heterocycles. The van der Waals surface area contributed by atoms with Crippen LogP contribution in [-0.2, 0) is 78.4 Å². The molecule has 0 atom stereocenters. The molecule has 446 valence electrons. The number of amides is 2. The first kappa shape index (κ1) is 66.9. The molecule has 0 saturated carbocycles. The minimum atomic E-state index is -5.65. The van der Waals surface area contributed by atoms with Gasteiger partial charge in [-0.1, -0.05) is 26.0 Å². The third-order valence-electron chi connectivity index (χ3n) is 11.0. The number of aromatic nitrogens is 2. The number of esters is 1. The standard InChI is InChI=1S/C52H72F4N6O17S/c1-3-9-62(10-4-2)52(65)39-31-38-6-5-37(32-41(38)61-42(57)33-39)40-34-58-43(59-35-40)36-60-44(63)7-11-69-13-15-71-17-19-73-21-23-75-25-27-77-29-30-78-28-26-76-24-22-74-20-18-72-16-14-70-12-8-45(64)79-50-46(53)48(55)51(80(66,67)68)49(56)47(50)54/h5-6,31-32,34-35H,3-4,7-30,33,36H2,1-2H3,(H2,57,61)(H,60,63)(H,66,67,68). The Bertz CT molecular complexity index is 2520. The lowest BCUT2D eigenvalue weighted by Gasteiger charge is -2.22. The van der Waals surface area contributed by atoms with Crippen molar-refractivity contribution < 1.29 is 97.0 Å². The van der Waals surface area contributed by atoms with E-state index in [9.17, 15) is 40.4 Å². The number of rotatable bonds is 43. The zero-order chi connectivity index (χ0) is 58.0. The van der Waals surface area contributed by atoms with Gasteiger partial charge in [0.15, 0.2) is 16.5 Å². The minimum Gasteiger partial charge on any atom is -0.420 e. The number of carbonyl (C=O) groups excluding carboxylic acids is 3. The Morgan fingerprint density at radius 1 is 0.625 bits per heavy atom. The van der Waals surface area contributed by atoms with Crippen LogP contribution in [0.3, 0.4) is 0 Å². The number of nitrogens with two attached hydrogens (primary N) is 1. The fourth-order valence-corrected chi connectivity index (χ4v) is 7.73. The van der Waals surface area contributed by atoms with Gasteiger partial charge in [-0.05, 0) is 30.5 Å². The molecule has 23 nitrogen and oxygen atoms in total. The SMILES string of the molecule is CCCN(CCC)C(=O)C1=Cc2ccc(-c3cnc(CNC(=O)CCOCCOCCOCCOCCOCCOCCOCCOCCOCCOCCC(=O)Oc4c(F)c(F)c(S(=O)(=O)O)c(F)c4F)nc3)cc2N=C(N)C1. The molecule has 0 saturated heterocycles. The lowest BCUT2D eigenvalue weighted by molar-refractivity contribution is -0.136. The molecule has 0 radical (unpaired) electrons. The fourth-order valence-electron chi connectivity index (χ4n) is 7.10. The van der Waals surface area contributed by atoms with Gasteiger partial charge in [0.2, 0.25) is 29.2 Å². The summed E-state index contributed by atoms with van der Waals surface area (Å²) in [5, 5.41) is 2.81. The van der Waals surface area contributed by atoms with Crippen LogP contribution in [0.5, 0.6) is 5.75 Å². The van der Waals surface area contributed by atoms with E-state index in [-0.39, 0.29) is 70.8 Å². The second kappa shape index (κ2) is 38.1. The van der Waals surface area contributed by atoms with Crippen molar-refractivity contribution in [2.45, 2.75) is 57.4 Å². The molecule has 0 bridgehead atoms. The maximum Gasteiger partial charge on any atom is 0.313 e. The molecule has 28 heteroatoms. The summed E-state index contributed by atoms with van der Waals surface area (Å²) >= 11 is 0. The Morgan fingerprint density at radius 2 is 1.05 bits per heavy atom. The summed E-state index contributed by atoms with van der Waals surface area (Å²) in [6.45, 7) is 11.4. The summed E-state index contributed by atoms with van der Waals surface area (Å²) in [6, 6.07) is 5.75. The van der Waals surface area contributed by atoms with Crippen LogP contribution in [0.4, 0.5) is 23.2 Å². The van der Waals surface area contributed by atoms with Gasteiger partial charge in [0.05, 0.1) is 151 Å². The Morgan fingerprint density at radius 3 is 1.48 bits per heavy atom.